The van der Waals surface area contributed by atoms with Crippen molar-refractivity contribution in [1.29, 1.82) is 0 Å². The van der Waals surface area contributed by atoms with Crippen molar-refractivity contribution < 1.29 is 14.3 Å². The fourth-order valence-corrected chi connectivity index (χ4v) is 1.80. The Kier molecular flexibility index (Phi) is 4.73. The second-order valence-corrected chi connectivity index (χ2v) is 5.87. The molecule has 3 nitrogen and oxygen atoms in total. The van der Waals surface area contributed by atoms with Gasteiger partial charge in [-0.1, -0.05) is 15.9 Å². The van der Waals surface area contributed by atoms with Crippen molar-refractivity contribution in [3.8, 4) is 0 Å². The molecule has 0 unspecified atom stereocenters. The zero-order chi connectivity index (χ0) is 13.9. The van der Waals surface area contributed by atoms with Crippen LogP contribution in [0, 0.1) is 11.2 Å². The monoisotopic (exact) mass is 317 g/mol. The van der Waals surface area contributed by atoms with Gasteiger partial charge < -0.3 is 10.0 Å². The van der Waals surface area contributed by atoms with Crippen molar-refractivity contribution in [2.75, 3.05) is 18.5 Å². The summed E-state index contributed by atoms with van der Waals surface area (Å²) in [5.41, 5.74) is -0.345. The van der Waals surface area contributed by atoms with E-state index < -0.39 is 11.4 Å². The summed E-state index contributed by atoms with van der Waals surface area (Å²) in [5, 5.41) is 9.02. The molecule has 100 valence electrons. The quantitative estimate of drug-likeness (QED) is 0.903. The van der Waals surface area contributed by atoms with Crippen LogP contribution in [-0.4, -0.2) is 24.7 Å². The van der Waals surface area contributed by atoms with Crippen molar-refractivity contribution in [3.63, 3.8) is 0 Å². The van der Waals surface area contributed by atoms with Gasteiger partial charge in [-0.2, -0.15) is 0 Å². The summed E-state index contributed by atoms with van der Waals surface area (Å²) in [5.74, 6) is -1.15. The molecule has 0 amide bonds. The minimum atomic E-state index is -0.842. The van der Waals surface area contributed by atoms with Gasteiger partial charge >= 0.3 is 5.97 Å². The fraction of sp³-hybridized carbons (Fsp3) is 0.462. The topological polar surface area (TPSA) is 40.5 Å². The summed E-state index contributed by atoms with van der Waals surface area (Å²) in [6, 6.07) is 4.70. The molecule has 0 saturated heterocycles. The average Bonchev–Trinajstić information content (AvgIpc) is 2.29. The number of halogens is 2. The zero-order valence-corrected chi connectivity index (χ0v) is 12.3. The average molecular weight is 318 g/mol. The Labute approximate surface area is 115 Å². The van der Waals surface area contributed by atoms with Crippen LogP contribution >= 0.6 is 15.9 Å². The van der Waals surface area contributed by atoms with Gasteiger partial charge in [0.15, 0.2) is 0 Å². The molecule has 0 spiro atoms. The Morgan fingerprint density at radius 2 is 2.11 bits per heavy atom. The van der Waals surface area contributed by atoms with Crippen molar-refractivity contribution in [2.24, 2.45) is 5.41 Å². The van der Waals surface area contributed by atoms with Gasteiger partial charge in [-0.25, -0.2) is 4.39 Å². The lowest BCUT2D eigenvalue weighted by Gasteiger charge is -2.25. The first kappa shape index (κ1) is 15.0. The minimum absolute atomic E-state index is 0.311. The van der Waals surface area contributed by atoms with Gasteiger partial charge in [-0.15, -0.1) is 0 Å². The van der Waals surface area contributed by atoms with E-state index in [1.165, 1.54) is 6.07 Å². The summed E-state index contributed by atoms with van der Waals surface area (Å²) >= 11 is 3.29. The normalized spacial score (nSPS) is 11.4. The maximum atomic E-state index is 13.6. The summed E-state index contributed by atoms with van der Waals surface area (Å²) in [6.07, 6.45) is 0.449. The molecular formula is C13H17BrFNO2. The standard InChI is InChI=1S/C13H17BrFNO2/c1-13(2,12(17)18)6-7-16(3)11-8-9(14)4-5-10(11)15/h4-5,8H,6-7H2,1-3H3,(H,17,18). The number of hydrogen-bond donors (Lipinski definition) is 1. The van der Waals surface area contributed by atoms with Crippen molar-refractivity contribution in [1.82, 2.24) is 0 Å². The molecule has 0 bridgehead atoms. The Bertz CT molecular complexity index is 449. The summed E-state index contributed by atoms with van der Waals surface area (Å²) < 4.78 is 14.4. The third-order valence-electron chi connectivity index (χ3n) is 2.97. The van der Waals surface area contributed by atoms with Crippen LogP contribution in [0.25, 0.3) is 0 Å². The number of carboxylic acids is 1. The number of hydrogen-bond acceptors (Lipinski definition) is 2. The molecule has 0 aliphatic rings. The summed E-state index contributed by atoms with van der Waals surface area (Å²) in [6.45, 7) is 3.81. The number of carbonyl (C=O) groups is 1. The Balaban J connectivity index is 2.74. The summed E-state index contributed by atoms with van der Waals surface area (Å²) in [4.78, 5) is 12.7. The molecular weight excluding hydrogens is 301 g/mol. The molecule has 0 fully saturated rings. The van der Waals surface area contributed by atoms with E-state index in [1.54, 1.807) is 37.9 Å². The first-order chi connectivity index (χ1) is 8.24. The molecule has 18 heavy (non-hydrogen) atoms. The van der Waals surface area contributed by atoms with E-state index in [4.69, 9.17) is 5.11 Å². The largest absolute Gasteiger partial charge is 0.481 e. The highest BCUT2D eigenvalue weighted by molar-refractivity contribution is 9.10. The van der Waals surface area contributed by atoms with Gasteiger partial charge in [-0.05, 0) is 38.5 Å². The smallest absolute Gasteiger partial charge is 0.309 e. The zero-order valence-electron chi connectivity index (χ0n) is 10.7. The van der Waals surface area contributed by atoms with Gasteiger partial charge in [0.05, 0.1) is 11.1 Å². The van der Waals surface area contributed by atoms with Crippen LogP contribution in [0.4, 0.5) is 10.1 Å². The lowest BCUT2D eigenvalue weighted by Crippen LogP contribution is -2.30. The third-order valence-corrected chi connectivity index (χ3v) is 3.46. The number of nitrogens with zero attached hydrogens (tertiary/aromatic N) is 1. The van der Waals surface area contributed by atoms with Crippen LogP contribution in [0.2, 0.25) is 0 Å². The Morgan fingerprint density at radius 1 is 1.50 bits per heavy atom. The van der Waals surface area contributed by atoms with Gasteiger partial charge in [-0.3, -0.25) is 4.79 Å². The highest BCUT2D eigenvalue weighted by Gasteiger charge is 2.27. The van der Waals surface area contributed by atoms with Gasteiger partial charge in [0, 0.05) is 18.1 Å². The molecule has 0 heterocycles. The molecule has 0 aromatic heterocycles. The molecule has 0 aliphatic heterocycles. The number of anilines is 1. The Morgan fingerprint density at radius 3 is 2.67 bits per heavy atom. The van der Waals surface area contributed by atoms with Crippen molar-refractivity contribution in [3.05, 3.63) is 28.5 Å². The predicted octanol–water partition coefficient (Wildman–Crippen LogP) is 3.53. The van der Waals surface area contributed by atoms with Crippen molar-refractivity contribution >= 4 is 27.6 Å². The molecule has 0 radical (unpaired) electrons. The molecule has 1 aromatic rings. The highest BCUT2D eigenvalue weighted by Crippen LogP contribution is 2.26. The number of benzene rings is 1. The van der Waals surface area contributed by atoms with Gasteiger partial charge in [0.25, 0.3) is 0 Å². The first-order valence-corrected chi connectivity index (χ1v) is 6.43. The lowest BCUT2D eigenvalue weighted by molar-refractivity contribution is -0.147. The van der Waals surface area contributed by atoms with Crippen LogP contribution in [0.1, 0.15) is 20.3 Å². The van der Waals surface area contributed by atoms with Crippen molar-refractivity contribution in [2.45, 2.75) is 20.3 Å². The predicted molar refractivity (Wildman–Crippen MR) is 73.4 cm³/mol. The lowest BCUT2D eigenvalue weighted by atomic mass is 9.89. The first-order valence-electron chi connectivity index (χ1n) is 5.63. The molecule has 0 aliphatic carbocycles. The number of aliphatic carboxylic acids is 1. The van der Waals surface area contributed by atoms with E-state index in [-0.39, 0.29) is 5.82 Å². The fourth-order valence-electron chi connectivity index (χ4n) is 1.45. The van der Waals surface area contributed by atoms with E-state index in [1.807, 2.05) is 0 Å². The van der Waals surface area contributed by atoms with Gasteiger partial charge in [0.1, 0.15) is 5.82 Å². The number of carboxylic acid groups (broad SMARTS) is 1. The summed E-state index contributed by atoms with van der Waals surface area (Å²) in [7, 11) is 1.75. The van der Waals surface area contributed by atoms with Crippen LogP contribution < -0.4 is 4.90 Å². The molecule has 0 atom stereocenters. The van der Waals surface area contributed by atoms with E-state index in [0.717, 1.165) is 4.47 Å². The van der Waals surface area contributed by atoms with Crippen LogP contribution in [0.5, 0.6) is 0 Å². The van der Waals surface area contributed by atoms with E-state index in [9.17, 15) is 9.18 Å². The molecule has 0 saturated carbocycles. The van der Waals surface area contributed by atoms with Crippen LogP contribution in [0.15, 0.2) is 22.7 Å². The van der Waals surface area contributed by atoms with E-state index >= 15 is 0 Å². The van der Waals surface area contributed by atoms with Gasteiger partial charge in [0.2, 0.25) is 0 Å². The second kappa shape index (κ2) is 5.69. The molecule has 1 rings (SSSR count). The number of rotatable bonds is 5. The maximum absolute atomic E-state index is 13.6. The van der Waals surface area contributed by atoms with E-state index in [0.29, 0.717) is 18.7 Å². The van der Waals surface area contributed by atoms with E-state index in [2.05, 4.69) is 15.9 Å². The molecule has 1 aromatic carbocycles. The van der Waals surface area contributed by atoms with Crippen LogP contribution in [-0.2, 0) is 4.79 Å². The Hall–Kier alpha value is -1.10. The van der Waals surface area contributed by atoms with Crippen LogP contribution in [0.3, 0.4) is 0 Å². The minimum Gasteiger partial charge on any atom is -0.481 e. The molecule has 1 N–H and O–H groups in total. The maximum Gasteiger partial charge on any atom is 0.309 e. The highest BCUT2D eigenvalue weighted by atomic mass is 79.9. The third kappa shape index (κ3) is 3.70. The second-order valence-electron chi connectivity index (χ2n) is 4.96. The molecule has 5 heteroatoms. The SMILES string of the molecule is CN(CCC(C)(C)C(=O)O)c1cc(Br)ccc1F.